The summed E-state index contributed by atoms with van der Waals surface area (Å²) in [5.41, 5.74) is 7.74. The minimum absolute atomic E-state index is 0.206. The molecule has 104 valence electrons. The topological polar surface area (TPSA) is 29.3 Å². The van der Waals surface area contributed by atoms with Crippen molar-refractivity contribution in [1.29, 1.82) is 0 Å². The number of benzene rings is 1. The van der Waals surface area contributed by atoms with Crippen LogP contribution in [0.1, 0.15) is 43.7 Å². The fourth-order valence-corrected chi connectivity index (χ4v) is 3.85. The Balaban J connectivity index is 1.98. The highest BCUT2D eigenvalue weighted by Crippen LogP contribution is 2.41. The molecule has 2 atom stereocenters. The van der Waals surface area contributed by atoms with Gasteiger partial charge in [-0.2, -0.15) is 0 Å². The van der Waals surface area contributed by atoms with Crippen LogP contribution in [0.15, 0.2) is 22.7 Å². The van der Waals surface area contributed by atoms with Crippen LogP contribution in [0.3, 0.4) is 0 Å². The van der Waals surface area contributed by atoms with Crippen molar-refractivity contribution in [3.05, 3.63) is 33.3 Å². The SMILES string of the molecule is NC1CCCCN(C2CC2)C1c1cc(Cl)ccc1Br. The van der Waals surface area contributed by atoms with Gasteiger partial charge >= 0.3 is 0 Å². The van der Waals surface area contributed by atoms with Crippen LogP contribution < -0.4 is 5.73 Å². The van der Waals surface area contributed by atoms with E-state index in [-0.39, 0.29) is 6.04 Å². The van der Waals surface area contributed by atoms with E-state index < -0.39 is 0 Å². The zero-order valence-corrected chi connectivity index (χ0v) is 13.3. The molecule has 3 rings (SSSR count). The second-order valence-corrected chi connectivity index (χ2v) is 7.03. The minimum Gasteiger partial charge on any atom is -0.326 e. The van der Waals surface area contributed by atoms with E-state index in [9.17, 15) is 0 Å². The number of hydrogen-bond acceptors (Lipinski definition) is 2. The number of hydrogen-bond donors (Lipinski definition) is 1. The second kappa shape index (κ2) is 5.72. The first-order valence-corrected chi connectivity index (χ1v) is 8.30. The highest BCUT2D eigenvalue weighted by Gasteiger charge is 2.38. The van der Waals surface area contributed by atoms with E-state index in [4.69, 9.17) is 17.3 Å². The summed E-state index contributed by atoms with van der Waals surface area (Å²) in [7, 11) is 0. The van der Waals surface area contributed by atoms with E-state index in [0.717, 1.165) is 22.0 Å². The Hall–Kier alpha value is -0.0900. The lowest BCUT2D eigenvalue weighted by atomic mass is 9.96. The van der Waals surface area contributed by atoms with Crippen LogP contribution in [0.25, 0.3) is 0 Å². The maximum absolute atomic E-state index is 6.48. The Kier molecular flexibility index (Phi) is 4.18. The third-order valence-corrected chi connectivity index (χ3v) is 5.22. The van der Waals surface area contributed by atoms with Crippen LogP contribution in [-0.2, 0) is 0 Å². The number of rotatable bonds is 2. The van der Waals surface area contributed by atoms with Crippen LogP contribution in [-0.4, -0.2) is 23.5 Å². The zero-order chi connectivity index (χ0) is 13.4. The van der Waals surface area contributed by atoms with Crippen molar-refractivity contribution in [2.24, 2.45) is 5.73 Å². The first kappa shape index (κ1) is 13.9. The molecule has 2 nitrogen and oxygen atoms in total. The number of nitrogens with zero attached hydrogens (tertiary/aromatic N) is 1. The molecule has 0 bridgehead atoms. The van der Waals surface area contributed by atoms with Crippen LogP contribution in [0.2, 0.25) is 5.02 Å². The van der Waals surface area contributed by atoms with E-state index in [0.29, 0.717) is 6.04 Å². The lowest BCUT2D eigenvalue weighted by molar-refractivity contribution is 0.175. The molecular weight excluding hydrogens is 324 g/mol. The first-order chi connectivity index (χ1) is 9.16. The lowest BCUT2D eigenvalue weighted by Gasteiger charge is -2.34. The number of halogens is 2. The van der Waals surface area contributed by atoms with Crippen molar-refractivity contribution in [3.63, 3.8) is 0 Å². The molecule has 0 radical (unpaired) electrons. The normalized spacial score (nSPS) is 29.2. The van der Waals surface area contributed by atoms with Crippen molar-refractivity contribution < 1.29 is 0 Å². The molecule has 1 heterocycles. The number of nitrogens with two attached hydrogens (primary N) is 1. The summed E-state index contributed by atoms with van der Waals surface area (Å²) >= 11 is 9.86. The summed E-state index contributed by atoms with van der Waals surface area (Å²) in [6.07, 6.45) is 6.24. The summed E-state index contributed by atoms with van der Waals surface area (Å²) in [5, 5.41) is 0.797. The maximum atomic E-state index is 6.48. The molecule has 0 aromatic heterocycles. The van der Waals surface area contributed by atoms with Crippen LogP contribution in [0, 0.1) is 0 Å². The predicted molar refractivity (Wildman–Crippen MR) is 83.4 cm³/mol. The molecule has 2 unspecified atom stereocenters. The van der Waals surface area contributed by atoms with Gasteiger partial charge in [-0.1, -0.05) is 34.0 Å². The monoisotopic (exact) mass is 342 g/mol. The highest BCUT2D eigenvalue weighted by atomic mass is 79.9. The largest absolute Gasteiger partial charge is 0.326 e. The molecule has 19 heavy (non-hydrogen) atoms. The van der Waals surface area contributed by atoms with Gasteiger partial charge in [0.15, 0.2) is 0 Å². The van der Waals surface area contributed by atoms with E-state index in [1.807, 2.05) is 12.1 Å². The van der Waals surface area contributed by atoms with Crippen LogP contribution >= 0.6 is 27.5 Å². The van der Waals surface area contributed by atoms with Crippen molar-refractivity contribution in [3.8, 4) is 0 Å². The molecule has 4 heteroatoms. The molecular formula is C15H20BrClN2. The first-order valence-electron chi connectivity index (χ1n) is 7.13. The zero-order valence-electron chi connectivity index (χ0n) is 11.0. The summed E-state index contributed by atoms with van der Waals surface area (Å²) in [4.78, 5) is 2.62. The molecule has 1 aliphatic carbocycles. The molecule has 0 amide bonds. The molecule has 2 aliphatic rings. The fraction of sp³-hybridized carbons (Fsp3) is 0.600. The Morgan fingerprint density at radius 1 is 1.21 bits per heavy atom. The van der Waals surface area contributed by atoms with Crippen molar-refractivity contribution in [1.82, 2.24) is 4.90 Å². The van der Waals surface area contributed by atoms with Crippen LogP contribution in [0.4, 0.5) is 0 Å². The van der Waals surface area contributed by atoms with Crippen molar-refractivity contribution in [2.45, 2.75) is 50.2 Å². The molecule has 2 N–H and O–H groups in total. The summed E-state index contributed by atoms with van der Waals surface area (Å²) in [6.45, 7) is 1.17. The van der Waals surface area contributed by atoms with E-state index in [1.165, 1.54) is 37.8 Å². The van der Waals surface area contributed by atoms with E-state index in [1.54, 1.807) is 0 Å². The van der Waals surface area contributed by atoms with Gasteiger partial charge in [-0.15, -0.1) is 0 Å². The summed E-state index contributed by atoms with van der Waals surface area (Å²) in [6, 6.07) is 7.30. The standard InChI is InChI=1S/C15H20BrClN2/c16-13-7-4-10(17)9-12(13)15-14(18)3-1-2-8-19(15)11-5-6-11/h4,7,9,11,14-15H,1-3,5-6,8,18H2. The molecule has 2 fully saturated rings. The van der Waals surface area contributed by atoms with E-state index >= 15 is 0 Å². The second-order valence-electron chi connectivity index (χ2n) is 5.74. The summed E-state index contributed by atoms with van der Waals surface area (Å²) in [5.74, 6) is 0. The Bertz CT molecular complexity index is 461. The Morgan fingerprint density at radius 3 is 2.74 bits per heavy atom. The van der Waals surface area contributed by atoms with Gasteiger partial charge in [0, 0.05) is 21.6 Å². The quantitative estimate of drug-likeness (QED) is 0.875. The third kappa shape index (κ3) is 2.99. The van der Waals surface area contributed by atoms with Gasteiger partial charge < -0.3 is 5.73 Å². The van der Waals surface area contributed by atoms with Gasteiger partial charge in [0.1, 0.15) is 0 Å². The number of likely N-dealkylation sites (tertiary alicyclic amines) is 1. The molecule has 1 aliphatic heterocycles. The maximum Gasteiger partial charge on any atom is 0.0513 e. The molecule has 1 saturated heterocycles. The Labute approximate surface area is 128 Å². The van der Waals surface area contributed by atoms with Crippen molar-refractivity contribution >= 4 is 27.5 Å². The minimum atomic E-state index is 0.206. The van der Waals surface area contributed by atoms with E-state index in [2.05, 4.69) is 26.9 Å². The molecule has 1 aromatic carbocycles. The van der Waals surface area contributed by atoms with Gasteiger partial charge in [0.2, 0.25) is 0 Å². The lowest BCUT2D eigenvalue weighted by Crippen LogP contribution is -2.41. The smallest absolute Gasteiger partial charge is 0.0513 e. The average molecular weight is 344 g/mol. The fourth-order valence-electron chi connectivity index (χ4n) is 3.18. The molecule has 1 saturated carbocycles. The van der Waals surface area contributed by atoms with Crippen molar-refractivity contribution in [2.75, 3.05) is 6.54 Å². The predicted octanol–water partition coefficient (Wildman–Crippen LogP) is 4.12. The van der Waals surface area contributed by atoms with Gasteiger partial charge in [0.25, 0.3) is 0 Å². The highest BCUT2D eigenvalue weighted by molar-refractivity contribution is 9.10. The third-order valence-electron chi connectivity index (χ3n) is 4.26. The average Bonchev–Trinajstić information content (AvgIpc) is 3.19. The van der Waals surface area contributed by atoms with Gasteiger partial charge in [0.05, 0.1) is 6.04 Å². The van der Waals surface area contributed by atoms with Gasteiger partial charge in [-0.25, -0.2) is 0 Å². The molecule has 1 aromatic rings. The Morgan fingerprint density at radius 2 is 2.00 bits per heavy atom. The molecule has 0 spiro atoms. The van der Waals surface area contributed by atoms with Gasteiger partial charge in [-0.3, -0.25) is 4.90 Å². The van der Waals surface area contributed by atoms with Gasteiger partial charge in [-0.05, 0) is 56.0 Å². The summed E-state index contributed by atoms with van der Waals surface area (Å²) < 4.78 is 1.13. The van der Waals surface area contributed by atoms with Crippen LogP contribution in [0.5, 0.6) is 0 Å².